The standard InChI is InChI=1S/C28H36O3/c1-18-11-12-21-26(19(18)2)31-28(22-13-14-23(29)20(3)25(22)30-4)17-9-6-10-24(28)27(21)15-7-5-8-16-27/h11-14,24,29H,5-10,15-17H2,1-4H3. The summed E-state index contributed by atoms with van der Waals surface area (Å²) in [6, 6.07) is 8.59. The van der Waals surface area contributed by atoms with Crippen LogP contribution in [0.1, 0.15) is 85.6 Å². The first-order chi connectivity index (χ1) is 14.9. The molecular weight excluding hydrogens is 384 g/mol. The Hall–Kier alpha value is -2.16. The lowest BCUT2D eigenvalue weighted by Gasteiger charge is -2.59. The highest BCUT2D eigenvalue weighted by atomic mass is 16.5. The lowest BCUT2D eigenvalue weighted by molar-refractivity contribution is -0.0964. The number of aromatic hydroxyl groups is 1. The van der Waals surface area contributed by atoms with Crippen molar-refractivity contribution in [2.75, 3.05) is 7.11 Å². The fourth-order valence-corrected chi connectivity index (χ4v) is 7.13. The van der Waals surface area contributed by atoms with Crippen molar-refractivity contribution in [3.63, 3.8) is 0 Å². The van der Waals surface area contributed by atoms with E-state index < -0.39 is 5.60 Å². The quantitative estimate of drug-likeness (QED) is 0.568. The minimum atomic E-state index is -0.398. The van der Waals surface area contributed by atoms with Gasteiger partial charge in [0.25, 0.3) is 0 Å². The van der Waals surface area contributed by atoms with Gasteiger partial charge in [-0.15, -0.1) is 0 Å². The second-order valence-electron chi connectivity index (χ2n) is 10.2. The van der Waals surface area contributed by atoms with Gasteiger partial charge in [0.15, 0.2) is 0 Å². The molecule has 31 heavy (non-hydrogen) atoms. The van der Waals surface area contributed by atoms with Gasteiger partial charge in [-0.25, -0.2) is 0 Å². The molecule has 3 heteroatoms. The number of ether oxygens (including phenoxy) is 2. The number of rotatable bonds is 2. The largest absolute Gasteiger partial charge is 0.508 e. The van der Waals surface area contributed by atoms with Crippen molar-refractivity contribution in [3.8, 4) is 17.2 Å². The average Bonchev–Trinajstić information content (AvgIpc) is 2.79. The first-order valence-corrected chi connectivity index (χ1v) is 12.1. The van der Waals surface area contributed by atoms with Crippen molar-refractivity contribution < 1.29 is 14.6 Å². The average molecular weight is 421 g/mol. The number of benzene rings is 2. The summed E-state index contributed by atoms with van der Waals surface area (Å²) in [6.07, 6.45) is 11.0. The molecule has 2 aromatic rings. The Kier molecular flexibility index (Phi) is 4.99. The molecule has 166 valence electrons. The molecule has 0 radical (unpaired) electrons. The van der Waals surface area contributed by atoms with Gasteiger partial charge in [0.05, 0.1) is 7.11 Å². The maximum atomic E-state index is 10.4. The molecule has 0 amide bonds. The zero-order chi connectivity index (χ0) is 21.8. The van der Waals surface area contributed by atoms with Crippen molar-refractivity contribution in [3.05, 3.63) is 52.1 Å². The van der Waals surface area contributed by atoms with E-state index in [9.17, 15) is 5.11 Å². The van der Waals surface area contributed by atoms with E-state index in [1.165, 1.54) is 61.6 Å². The predicted molar refractivity (Wildman–Crippen MR) is 124 cm³/mol. The van der Waals surface area contributed by atoms with E-state index in [1.54, 1.807) is 7.11 Å². The lowest BCUT2D eigenvalue weighted by Crippen LogP contribution is -2.57. The molecule has 2 fully saturated rings. The molecule has 1 N–H and O–H groups in total. The summed E-state index contributed by atoms with van der Waals surface area (Å²) in [7, 11) is 1.72. The van der Waals surface area contributed by atoms with Crippen LogP contribution in [0.4, 0.5) is 0 Å². The van der Waals surface area contributed by atoms with Crippen LogP contribution >= 0.6 is 0 Å². The SMILES string of the molecule is COc1c(C23CCCCC2C2(CCCCC2)c2ccc(C)c(C)c2O3)ccc(O)c1C. The first kappa shape index (κ1) is 20.7. The Morgan fingerprint density at radius 1 is 0.871 bits per heavy atom. The summed E-state index contributed by atoms with van der Waals surface area (Å²) in [4.78, 5) is 0. The van der Waals surface area contributed by atoms with Crippen LogP contribution in [0.5, 0.6) is 17.2 Å². The van der Waals surface area contributed by atoms with Gasteiger partial charge >= 0.3 is 0 Å². The Balaban J connectivity index is 1.81. The maximum Gasteiger partial charge on any atom is 0.141 e. The van der Waals surface area contributed by atoms with Gasteiger partial charge in [0, 0.05) is 28.0 Å². The van der Waals surface area contributed by atoms with Crippen molar-refractivity contribution in [1.29, 1.82) is 0 Å². The van der Waals surface area contributed by atoms with Gasteiger partial charge in [0.1, 0.15) is 22.8 Å². The molecule has 2 unspecified atom stereocenters. The molecule has 3 aliphatic rings. The van der Waals surface area contributed by atoms with Crippen LogP contribution in [0.2, 0.25) is 0 Å². The Morgan fingerprint density at radius 2 is 1.58 bits per heavy atom. The van der Waals surface area contributed by atoms with E-state index in [0.717, 1.165) is 35.5 Å². The number of methoxy groups -OCH3 is 1. The van der Waals surface area contributed by atoms with Crippen LogP contribution < -0.4 is 9.47 Å². The van der Waals surface area contributed by atoms with E-state index in [4.69, 9.17) is 9.47 Å². The van der Waals surface area contributed by atoms with Crippen LogP contribution in [0.3, 0.4) is 0 Å². The molecule has 1 spiro atoms. The van der Waals surface area contributed by atoms with Gasteiger partial charge in [-0.05, 0) is 76.1 Å². The fraction of sp³-hybridized carbons (Fsp3) is 0.571. The van der Waals surface area contributed by atoms with Crippen LogP contribution in [-0.2, 0) is 11.0 Å². The number of phenolic OH excluding ortho intramolecular Hbond substituents is 1. The monoisotopic (exact) mass is 420 g/mol. The smallest absolute Gasteiger partial charge is 0.141 e. The van der Waals surface area contributed by atoms with E-state index in [2.05, 4.69) is 32.0 Å². The predicted octanol–water partition coefficient (Wildman–Crippen LogP) is 7.01. The molecule has 1 aliphatic heterocycles. The van der Waals surface area contributed by atoms with E-state index in [-0.39, 0.29) is 5.41 Å². The highest BCUT2D eigenvalue weighted by Crippen LogP contribution is 2.64. The molecule has 1 heterocycles. The van der Waals surface area contributed by atoms with Crippen molar-refractivity contribution in [2.24, 2.45) is 5.92 Å². The summed E-state index contributed by atoms with van der Waals surface area (Å²) in [5, 5.41) is 10.4. The van der Waals surface area contributed by atoms with Crippen molar-refractivity contribution in [2.45, 2.75) is 89.6 Å². The molecule has 0 bridgehead atoms. The minimum Gasteiger partial charge on any atom is -0.508 e. The van der Waals surface area contributed by atoms with Crippen LogP contribution in [-0.4, -0.2) is 12.2 Å². The molecule has 2 aliphatic carbocycles. The van der Waals surface area contributed by atoms with Crippen molar-refractivity contribution in [1.82, 2.24) is 0 Å². The van der Waals surface area contributed by atoms with Gasteiger partial charge in [-0.2, -0.15) is 0 Å². The highest BCUT2D eigenvalue weighted by molar-refractivity contribution is 5.57. The molecular formula is C28H36O3. The third-order valence-corrected chi connectivity index (χ3v) is 8.80. The summed E-state index contributed by atoms with van der Waals surface area (Å²) >= 11 is 0. The minimum absolute atomic E-state index is 0.168. The first-order valence-electron chi connectivity index (χ1n) is 12.1. The molecule has 5 rings (SSSR count). The van der Waals surface area contributed by atoms with Gasteiger partial charge < -0.3 is 14.6 Å². The number of fused-ring (bicyclic) bond motifs is 4. The molecule has 2 saturated carbocycles. The van der Waals surface area contributed by atoms with Crippen LogP contribution in [0, 0.1) is 26.7 Å². The second kappa shape index (κ2) is 7.46. The Bertz CT molecular complexity index is 1000. The number of phenols is 1. The molecule has 2 aromatic carbocycles. The van der Waals surface area contributed by atoms with Crippen LogP contribution in [0.15, 0.2) is 24.3 Å². The van der Waals surface area contributed by atoms with Gasteiger partial charge in [-0.3, -0.25) is 0 Å². The fourth-order valence-electron chi connectivity index (χ4n) is 7.13. The Morgan fingerprint density at radius 3 is 2.32 bits per heavy atom. The maximum absolute atomic E-state index is 10.4. The van der Waals surface area contributed by atoms with Gasteiger partial charge in [-0.1, -0.05) is 37.8 Å². The molecule has 0 saturated heterocycles. The Labute approximate surface area is 186 Å². The highest BCUT2D eigenvalue weighted by Gasteiger charge is 2.60. The summed E-state index contributed by atoms with van der Waals surface area (Å²) in [5.41, 5.74) is 5.74. The summed E-state index contributed by atoms with van der Waals surface area (Å²) < 4.78 is 13.2. The zero-order valence-corrected chi connectivity index (χ0v) is 19.5. The third-order valence-electron chi connectivity index (χ3n) is 8.80. The van der Waals surface area contributed by atoms with E-state index >= 15 is 0 Å². The summed E-state index contributed by atoms with van der Waals surface area (Å²) in [6.45, 7) is 6.37. The molecule has 2 atom stereocenters. The number of hydrogen-bond acceptors (Lipinski definition) is 3. The second-order valence-corrected chi connectivity index (χ2v) is 10.2. The molecule has 0 aromatic heterocycles. The van der Waals surface area contributed by atoms with Gasteiger partial charge in [0.2, 0.25) is 0 Å². The van der Waals surface area contributed by atoms with E-state index in [1.807, 2.05) is 13.0 Å². The summed E-state index contributed by atoms with van der Waals surface area (Å²) in [5.74, 6) is 2.64. The topological polar surface area (TPSA) is 38.7 Å². The van der Waals surface area contributed by atoms with Crippen LogP contribution in [0.25, 0.3) is 0 Å². The van der Waals surface area contributed by atoms with E-state index in [0.29, 0.717) is 11.7 Å². The third kappa shape index (κ3) is 2.84. The number of aryl methyl sites for hydroxylation is 1. The molecule has 3 nitrogen and oxygen atoms in total. The van der Waals surface area contributed by atoms with Crippen molar-refractivity contribution >= 4 is 0 Å². The lowest BCUT2D eigenvalue weighted by atomic mass is 9.51. The normalized spacial score (nSPS) is 26.6. The number of hydrogen-bond donors (Lipinski definition) is 1. The zero-order valence-electron chi connectivity index (χ0n) is 19.5.